The average molecular weight is 1740 g/mol. The molecule has 622 valence electrons. The summed E-state index contributed by atoms with van der Waals surface area (Å²) in [7, 11) is 0. The normalized spacial score (nSPS) is 14.3. The molecular weight excluding hydrogens is 1660 g/mol. The van der Waals surface area contributed by atoms with Gasteiger partial charge >= 0.3 is 25.4 Å². The number of unbranched alkanes of at least 4 members (excludes halogenated alkanes) is 1. The molecule has 0 atom stereocenters. The minimum atomic E-state index is -4.73. The van der Waals surface area contributed by atoms with Gasteiger partial charge in [-0.05, 0) is 203 Å². The van der Waals surface area contributed by atoms with Gasteiger partial charge in [-0.3, -0.25) is 9.80 Å². The van der Waals surface area contributed by atoms with Crippen molar-refractivity contribution in [3.8, 4) is 23.0 Å². The first-order valence-corrected chi connectivity index (χ1v) is 39.1. The maximum absolute atomic E-state index is 12.5. The van der Waals surface area contributed by atoms with Crippen molar-refractivity contribution in [2.75, 3.05) is 125 Å². The third-order valence-corrected chi connectivity index (χ3v) is 20.4. The van der Waals surface area contributed by atoms with Crippen molar-refractivity contribution < 1.29 is 81.1 Å². The van der Waals surface area contributed by atoms with E-state index in [-0.39, 0.29) is 23.0 Å². The number of ether oxygens (including phenoxy) is 6. The van der Waals surface area contributed by atoms with Gasteiger partial charge in [0.05, 0.1) is 73.6 Å². The van der Waals surface area contributed by atoms with E-state index in [4.69, 9.17) is 82.4 Å². The minimum Gasteiger partial charge on any atom is -0.406 e. The summed E-state index contributed by atoms with van der Waals surface area (Å²) in [5.41, 5.74) is 5.30. The van der Waals surface area contributed by atoms with Crippen LogP contribution in [0.1, 0.15) is 25.7 Å². The fourth-order valence-corrected chi connectivity index (χ4v) is 14.4. The lowest BCUT2D eigenvalue weighted by Gasteiger charge is -2.31. The van der Waals surface area contributed by atoms with E-state index in [1.165, 1.54) is 73.5 Å². The van der Waals surface area contributed by atoms with Crippen LogP contribution in [0.25, 0.3) is 43.6 Å². The molecule has 3 aliphatic rings. The SMILES string of the molecule is FC(F)(F)Oc1ccc(N(CCCCN2CCOCC2)c2ccc3cccc(Cl)c3n2)cc1.FC(F)(F)Oc1ccc(N(CCN2CCCC2)c2ccc3cccc(Cl)c3n2)cc1.FC(F)(F)Oc1ccc(N(CCN2CCOCC2)c2ccc3cccc(Cl)c3n2)cc1.FC(F)(F)Oc1ccc(Nc2cc(Cl)c3cccc(Cl)c3n2)cc1. The van der Waals surface area contributed by atoms with Crippen LogP contribution in [0.4, 0.5) is 98.7 Å². The highest BCUT2D eigenvalue weighted by Gasteiger charge is 2.34. The van der Waals surface area contributed by atoms with Crippen molar-refractivity contribution in [3.05, 3.63) is 237 Å². The highest BCUT2D eigenvalue weighted by Crippen LogP contribution is 2.38. The molecule has 0 radical (unpaired) electrons. The predicted molar refractivity (Wildman–Crippen MR) is 438 cm³/mol. The molecule has 8 aromatic carbocycles. The molecule has 0 saturated carbocycles. The quantitative estimate of drug-likeness (QED) is 0.0479. The highest BCUT2D eigenvalue weighted by molar-refractivity contribution is 6.39. The van der Waals surface area contributed by atoms with E-state index in [2.05, 4.69) is 43.9 Å². The number of alkyl halides is 12. The number of nitrogens with one attached hydrogen (secondary N) is 1. The third-order valence-electron chi connectivity index (χ3n) is 18.8. The number of fused-ring (bicyclic) bond motifs is 4. The first-order valence-electron chi connectivity index (χ1n) is 37.2. The molecule has 7 heterocycles. The number of pyridine rings is 4. The number of nitrogens with zero attached hydrogens (tertiary/aromatic N) is 10. The Labute approximate surface area is 695 Å². The lowest BCUT2D eigenvalue weighted by Crippen LogP contribution is -2.40. The van der Waals surface area contributed by atoms with E-state index in [0.717, 1.165) is 112 Å². The summed E-state index contributed by atoms with van der Waals surface area (Å²) in [6, 6.07) is 58.0. The number of anilines is 8. The second-order valence-electron chi connectivity index (χ2n) is 27.0. The van der Waals surface area contributed by atoms with Crippen LogP contribution in [0.3, 0.4) is 0 Å². The predicted octanol–water partition coefficient (Wildman–Crippen LogP) is 23.5. The summed E-state index contributed by atoms with van der Waals surface area (Å²) in [5.74, 6) is 1.39. The Morgan fingerprint density at radius 2 is 0.669 bits per heavy atom. The fourth-order valence-electron chi connectivity index (χ4n) is 13.2. The standard InChI is InChI=1S/C24H25ClF3N3O2.C22H21ClF3N3O2.C22H21ClF3N3O.C16H9Cl2F3N2O/c25-21-5-3-4-18-6-11-22(29-23(18)21)31(13-2-1-12-30-14-16-32-17-15-30)19-7-9-20(10-8-19)33-24(26,27)28;23-19-3-1-2-16-4-9-20(27-21(16)19)29(11-10-28-12-14-30-15-13-28)17-5-7-18(8-6-17)31-22(24,25)26;23-19-5-3-4-16-6-11-20(27-21(16)19)29(15-14-28-12-1-2-13-28)17-7-9-18(10-8-17)30-22(24,25)26;17-12-3-1-2-11-13(18)8-14(23-15(11)12)22-9-4-6-10(7-5-9)24-16(19,20)21/h3-11H,1-2,12-17H2;1-9H,10-15H2;3-11H,1-2,12-15H2;1-8H,(H,22,23). The molecule has 3 aliphatic heterocycles. The Balaban J connectivity index is 0.000000145. The number of hydrogen-bond donors (Lipinski definition) is 1. The first kappa shape index (κ1) is 87.5. The maximum atomic E-state index is 12.5. The molecule has 0 aliphatic carbocycles. The van der Waals surface area contributed by atoms with Crippen LogP contribution in [-0.2, 0) is 9.47 Å². The van der Waals surface area contributed by atoms with Gasteiger partial charge in [0.25, 0.3) is 0 Å². The van der Waals surface area contributed by atoms with E-state index >= 15 is 0 Å². The number of aromatic nitrogens is 4. The number of morpholine rings is 2. The van der Waals surface area contributed by atoms with Crippen molar-refractivity contribution in [1.29, 1.82) is 0 Å². The Kier molecular flexibility index (Phi) is 29.9. The number of benzene rings is 8. The lowest BCUT2D eigenvalue weighted by molar-refractivity contribution is -0.275. The molecule has 4 aromatic heterocycles. The number of likely N-dealkylation sites (tertiary alicyclic amines) is 1. The Bertz CT molecular complexity index is 5270. The van der Waals surface area contributed by atoms with Crippen LogP contribution in [0, 0.1) is 0 Å². The van der Waals surface area contributed by atoms with Crippen molar-refractivity contribution in [3.63, 3.8) is 0 Å². The first-order chi connectivity index (χ1) is 56.5. The number of para-hydroxylation sites is 4. The second-order valence-corrected chi connectivity index (χ2v) is 29.0. The van der Waals surface area contributed by atoms with Crippen LogP contribution >= 0.6 is 58.0 Å². The van der Waals surface area contributed by atoms with Gasteiger partial charge in [-0.15, -0.1) is 52.7 Å². The summed E-state index contributed by atoms with van der Waals surface area (Å²) >= 11 is 31.3. The molecule has 0 bridgehead atoms. The van der Waals surface area contributed by atoms with Crippen molar-refractivity contribution >= 4 is 148 Å². The van der Waals surface area contributed by atoms with E-state index in [0.29, 0.717) is 120 Å². The molecule has 34 heteroatoms. The van der Waals surface area contributed by atoms with Gasteiger partial charge in [-0.25, -0.2) is 19.9 Å². The largest absolute Gasteiger partial charge is 0.573 e. The molecule has 0 amide bonds. The van der Waals surface area contributed by atoms with Crippen molar-refractivity contribution in [2.24, 2.45) is 0 Å². The van der Waals surface area contributed by atoms with Gasteiger partial charge in [0.2, 0.25) is 0 Å². The number of hydrogen-bond acceptors (Lipinski definition) is 17. The topological polar surface area (TPSA) is 138 Å². The summed E-state index contributed by atoms with van der Waals surface area (Å²) in [5, 5.41) is 9.01. The van der Waals surface area contributed by atoms with E-state index in [1.54, 1.807) is 78.9 Å². The molecule has 12 aromatic rings. The minimum absolute atomic E-state index is 0.250. The summed E-state index contributed by atoms with van der Waals surface area (Å²) < 4.78 is 176. The zero-order valence-electron chi connectivity index (χ0n) is 62.7. The third kappa shape index (κ3) is 25.9. The zero-order chi connectivity index (χ0) is 83.6. The van der Waals surface area contributed by atoms with Crippen LogP contribution in [0.15, 0.2) is 212 Å². The molecule has 3 fully saturated rings. The molecule has 3 saturated heterocycles. The van der Waals surface area contributed by atoms with Gasteiger partial charge in [-0.2, -0.15) is 0 Å². The maximum Gasteiger partial charge on any atom is 0.573 e. The van der Waals surface area contributed by atoms with Crippen LogP contribution in [0.2, 0.25) is 25.1 Å². The van der Waals surface area contributed by atoms with Gasteiger partial charge in [-0.1, -0.05) is 107 Å². The summed E-state index contributed by atoms with van der Waals surface area (Å²) in [6.07, 6.45) is -14.6. The summed E-state index contributed by atoms with van der Waals surface area (Å²) in [4.78, 5) is 31.6. The van der Waals surface area contributed by atoms with E-state index < -0.39 is 25.4 Å². The zero-order valence-corrected chi connectivity index (χ0v) is 66.5. The van der Waals surface area contributed by atoms with Crippen LogP contribution < -0.4 is 39.0 Å². The van der Waals surface area contributed by atoms with Gasteiger partial charge in [0, 0.05) is 109 Å². The molecule has 17 nitrogen and oxygen atoms in total. The summed E-state index contributed by atoms with van der Waals surface area (Å²) in [6.45, 7) is 13.1. The van der Waals surface area contributed by atoms with E-state index in [9.17, 15) is 52.7 Å². The molecule has 1 N–H and O–H groups in total. The molecule has 0 spiro atoms. The van der Waals surface area contributed by atoms with Crippen molar-refractivity contribution in [1.82, 2.24) is 34.6 Å². The Morgan fingerprint density at radius 1 is 0.339 bits per heavy atom. The number of halogens is 17. The fraction of sp³-hybridized carbons (Fsp3) is 0.286. The Hall–Kier alpha value is -9.79. The lowest BCUT2D eigenvalue weighted by atomic mass is 10.2. The van der Waals surface area contributed by atoms with Gasteiger partial charge in [0.1, 0.15) is 46.3 Å². The molecule has 0 unspecified atom stereocenters. The molecular formula is C84H76Cl5F12N11O6. The number of rotatable bonds is 23. The molecule has 118 heavy (non-hydrogen) atoms. The smallest absolute Gasteiger partial charge is 0.406 e. The van der Waals surface area contributed by atoms with Crippen LogP contribution in [0.5, 0.6) is 23.0 Å². The van der Waals surface area contributed by atoms with Crippen LogP contribution in [-0.4, -0.2) is 165 Å². The van der Waals surface area contributed by atoms with Gasteiger partial charge in [0.15, 0.2) is 0 Å². The monoisotopic (exact) mass is 1740 g/mol. The average Bonchev–Trinajstić information content (AvgIpc) is 0.908. The Morgan fingerprint density at radius 3 is 1.04 bits per heavy atom. The second kappa shape index (κ2) is 40.3. The van der Waals surface area contributed by atoms with Crippen molar-refractivity contribution in [2.45, 2.75) is 51.1 Å². The highest BCUT2D eigenvalue weighted by atomic mass is 35.5. The van der Waals surface area contributed by atoms with Gasteiger partial charge < -0.3 is 53.3 Å². The molecule has 15 rings (SSSR count). The van der Waals surface area contributed by atoms with E-state index in [1.807, 2.05) is 87.5 Å².